The second kappa shape index (κ2) is 9.23. The summed E-state index contributed by atoms with van der Waals surface area (Å²) in [5.74, 6) is -1.56. The second-order valence-corrected chi connectivity index (χ2v) is 8.34. The molecule has 0 aliphatic rings. The Morgan fingerprint density at radius 3 is 2.41 bits per heavy atom. The molecule has 0 aliphatic carbocycles. The number of aromatic nitrogens is 2. The van der Waals surface area contributed by atoms with Crippen molar-refractivity contribution in [1.29, 1.82) is 0 Å². The number of hydrogen-bond acceptors (Lipinski definition) is 3. The summed E-state index contributed by atoms with van der Waals surface area (Å²) in [5, 5.41) is 2.71. The van der Waals surface area contributed by atoms with E-state index in [-0.39, 0.29) is 34.0 Å². The van der Waals surface area contributed by atoms with Crippen molar-refractivity contribution < 1.29 is 13.6 Å². The second-order valence-electron chi connectivity index (χ2n) is 7.93. The van der Waals surface area contributed by atoms with Gasteiger partial charge in [0.25, 0.3) is 5.56 Å². The van der Waals surface area contributed by atoms with Gasteiger partial charge in [0.2, 0.25) is 5.91 Å². The number of carbonyl (C=O) groups is 1. The molecule has 3 aromatic carbocycles. The molecule has 1 N–H and O–H groups in total. The van der Waals surface area contributed by atoms with Crippen LogP contribution in [0.4, 0.5) is 8.78 Å². The van der Waals surface area contributed by atoms with E-state index in [0.29, 0.717) is 5.56 Å². The Morgan fingerprint density at radius 1 is 1.03 bits per heavy atom. The molecule has 6 nitrogen and oxygen atoms in total. The van der Waals surface area contributed by atoms with E-state index in [2.05, 4.69) is 5.32 Å². The maximum absolute atomic E-state index is 13.7. The summed E-state index contributed by atoms with van der Waals surface area (Å²) >= 11 is 5.89. The van der Waals surface area contributed by atoms with Gasteiger partial charge >= 0.3 is 5.69 Å². The molecule has 0 radical (unpaired) electrons. The van der Waals surface area contributed by atoms with Crippen LogP contribution < -0.4 is 16.6 Å². The van der Waals surface area contributed by atoms with Crippen LogP contribution in [-0.4, -0.2) is 15.0 Å². The van der Waals surface area contributed by atoms with Crippen molar-refractivity contribution in [3.63, 3.8) is 0 Å². The van der Waals surface area contributed by atoms with Gasteiger partial charge in [-0.2, -0.15) is 0 Å². The topological polar surface area (TPSA) is 73.1 Å². The van der Waals surface area contributed by atoms with Crippen LogP contribution in [0.5, 0.6) is 0 Å². The molecule has 9 heteroatoms. The molecular formula is C25H20ClF2N3O3. The highest BCUT2D eigenvalue weighted by molar-refractivity contribution is 6.30. The third kappa shape index (κ3) is 4.36. The van der Waals surface area contributed by atoms with Crippen LogP contribution in [0.25, 0.3) is 16.6 Å². The molecule has 1 aromatic heterocycles. The predicted molar refractivity (Wildman–Crippen MR) is 126 cm³/mol. The lowest BCUT2D eigenvalue weighted by Crippen LogP contribution is -2.43. The van der Waals surface area contributed by atoms with Gasteiger partial charge in [-0.1, -0.05) is 35.4 Å². The zero-order valence-electron chi connectivity index (χ0n) is 18.3. The van der Waals surface area contributed by atoms with Crippen LogP contribution in [-0.2, 0) is 11.3 Å². The number of nitrogens with zero attached hydrogens (tertiary/aromatic N) is 2. The minimum absolute atomic E-state index is 0.0810. The van der Waals surface area contributed by atoms with Gasteiger partial charge in [0.15, 0.2) is 0 Å². The van der Waals surface area contributed by atoms with E-state index in [0.717, 1.165) is 16.2 Å². The fraction of sp³-hybridized carbons (Fsp3) is 0.160. The Labute approximate surface area is 198 Å². The summed E-state index contributed by atoms with van der Waals surface area (Å²) in [6.45, 7) is 3.46. The van der Waals surface area contributed by atoms with Gasteiger partial charge in [-0.15, -0.1) is 0 Å². The molecular weight excluding hydrogens is 464 g/mol. The first-order valence-electron chi connectivity index (χ1n) is 10.4. The normalized spacial score (nSPS) is 12.0. The van der Waals surface area contributed by atoms with Gasteiger partial charge in [-0.05, 0) is 61.9 Å². The molecule has 0 spiro atoms. The van der Waals surface area contributed by atoms with E-state index >= 15 is 0 Å². The highest BCUT2D eigenvalue weighted by Gasteiger charge is 2.23. The summed E-state index contributed by atoms with van der Waals surface area (Å²) in [6.07, 6.45) is 0. The van der Waals surface area contributed by atoms with E-state index < -0.39 is 29.0 Å². The molecule has 1 atom stereocenters. The molecule has 0 saturated heterocycles. The number of fused-ring (bicyclic) bond motifs is 1. The highest BCUT2D eigenvalue weighted by atomic mass is 35.5. The van der Waals surface area contributed by atoms with Crippen LogP contribution in [0, 0.1) is 18.6 Å². The van der Waals surface area contributed by atoms with E-state index in [1.54, 1.807) is 37.3 Å². The lowest BCUT2D eigenvalue weighted by atomic mass is 10.1. The van der Waals surface area contributed by atoms with Crippen molar-refractivity contribution in [3.8, 4) is 5.69 Å². The maximum atomic E-state index is 13.7. The fourth-order valence-corrected chi connectivity index (χ4v) is 3.91. The first-order chi connectivity index (χ1) is 16.2. The number of carbonyl (C=O) groups excluding carboxylic acids is 1. The van der Waals surface area contributed by atoms with E-state index in [1.807, 2.05) is 0 Å². The van der Waals surface area contributed by atoms with Gasteiger partial charge in [0.1, 0.15) is 17.7 Å². The lowest BCUT2D eigenvalue weighted by Gasteiger charge is -2.20. The Morgan fingerprint density at radius 2 is 1.74 bits per heavy atom. The Bertz CT molecular complexity index is 1530. The molecule has 0 aliphatic heterocycles. The van der Waals surface area contributed by atoms with Crippen molar-refractivity contribution >= 4 is 28.4 Å². The maximum Gasteiger partial charge on any atom is 0.336 e. The monoisotopic (exact) mass is 483 g/mol. The van der Waals surface area contributed by atoms with Gasteiger partial charge in [-0.3, -0.25) is 14.2 Å². The van der Waals surface area contributed by atoms with Crippen LogP contribution in [0.15, 0.2) is 70.3 Å². The zero-order chi connectivity index (χ0) is 24.6. The minimum atomic E-state index is -0.999. The van der Waals surface area contributed by atoms with Crippen molar-refractivity contribution in [1.82, 2.24) is 14.5 Å². The average Bonchev–Trinajstić information content (AvgIpc) is 2.81. The number of hydrogen-bond donors (Lipinski definition) is 1. The third-order valence-corrected chi connectivity index (χ3v) is 5.84. The van der Waals surface area contributed by atoms with E-state index in [9.17, 15) is 23.2 Å². The molecule has 1 heterocycles. The number of nitrogens with one attached hydrogen (secondary N) is 1. The van der Waals surface area contributed by atoms with Crippen molar-refractivity contribution in [2.75, 3.05) is 0 Å². The SMILES string of the molecule is Cc1ccc2c(c1)c(=O)n(-c1ccc(F)c(Cl)c1)c(=O)n2C(C)C(=O)NCc1ccc(F)cc1. The summed E-state index contributed by atoms with van der Waals surface area (Å²) in [7, 11) is 0. The third-order valence-electron chi connectivity index (χ3n) is 5.55. The summed E-state index contributed by atoms with van der Waals surface area (Å²) in [6, 6.07) is 13.2. The molecule has 34 heavy (non-hydrogen) atoms. The largest absolute Gasteiger partial charge is 0.350 e. The van der Waals surface area contributed by atoms with Crippen LogP contribution >= 0.6 is 11.6 Å². The van der Waals surface area contributed by atoms with Crippen LogP contribution in [0.3, 0.4) is 0 Å². The average molecular weight is 484 g/mol. The summed E-state index contributed by atoms with van der Waals surface area (Å²) < 4.78 is 28.9. The minimum Gasteiger partial charge on any atom is -0.350 e. The molecule has 0 bridgehead atoms. The predicted octanol–water partition coefficient (Wildman–Crippen LogP) is 4.27. The number of halogens is 3. The molecule has 0 fully saturated rings. The summed E-state index contributed by atoms with van der Waals surface area (Å²) in [4.78, 5) is 39.7. The number of amides is 1. The Hall–Kier alpha value is -3.78. The van der Waals surface area contributed by atoms with Gasteiger partial charge in [0, 0.05) is 6.54 Å². The lowest BCUT2D eigenvalue weighted by molar-refractivity contribution is -0.124. The fourth-order valence-electron chi connectivity index (χ4n) is 3.73. The van der Waals surface area contributed by atoms with E-state index in [1.165, 1.54) is 35.8 Å². The van der Waals surface area contributed by atoms with Crippen LogP contribution in [0.2, 0.25) is 5.02 Å². The molecule has 174 valence electrons. The first-order valence-corrected chi connectivity index (χ1v) is 10.8. The van der Waals surface area contributed by atoms with E-state index in [4.69, 9.17) is 11.6 Å². The van der Waals surface area contributed by atoms with Crippen molar-refractivity contribution in [3.05, 3.63) is 109 Å². The van der Waals surface area contributed by atoms with Crippen molar-refractivity contribution in [2.45, 2.75) is 26.4 Å². The van der Waals surface area contributed by atoms with Crippen LogP contribution in [0.1, 0.15) is 24.1 Å². The van der Waals surface area contributed by atoms with Crippen molar-refractivity contribution in [2.24, 2.45) is 0 Å². The van der Waals surface area contributed by atoms with Gasteiger partial charge < -0.3 is 5.32 Å². The zero-order valence-corrected chi connectivity index (χ0v) is 19.1. The molecule has 4 rings (SSSR count). The Balaban J connectivity index is 1.83. The standard InChI is InChI=1S/C25H20ClF2N3O3/c1-14-3-10-22-19(11-14)24(33)31(18-8-9-21(28)20(26)12-18)25(34)30(22)15(2)23(32)29-13-16-4-6-17(27)7-5-16/h3-12,15H,13H2,1-2H3,(H,29,32). The van der Waals surface area contributed by atoms with Gasteiger partial charge in [-0.25, -0.2) is 18.1 Å². The molecule has 1 unspecified atom stereocenters. The number of aryl methyl sites for hydroxylation is 1. The number of rotatable bonds is 5. The van der Waals surface area contributed by atoms with Gasteiger partial charge in [0.05, 0.1) is 21.6 Å². The quantitative estimate of drug-likeness (QED) is 0.461. The smallest absolute Gasteiger partial charge is 0.336 e. The molecule has 0 saturated carbocycles. The molecule has 1 amide bonds. The number of benzene rings is 3. The Kier molecular flexibility index (Phi) is 6.34. The molecule has 4 aromatic rings. The first kappa shape index (κ1) is 23.4. The summed E-state index contributed by atoms with van der Waals surface area (Å²) in [5.41, 5.74) is 0.453. The highest BCUT2D eigenvalue weighted by Crippen LogP contribution is 2.20.